The number of unbranched alkanes of at least 4 members (excludes halogenated alkanes) is 1. The molecule has 2 rings (SSSR count). The highest BCUT2D eigenvalue weighted by Gasteiger charge is 2.21. The molecule has 33 heavy (non-hydrogen) atoms. The summed E-state index contributed by atoms with van der Waals surface area (Å²) in [6.45, 7) is 8.03. The van der Waals surface area contributed by atoms with Crippen molar-refractivity contribution in [3.63, 3.8) is 0 Å². The molecule has 0 aliphatic heterocycles. The fraction of sp³-hybridized carbons (Fsp3) is 0.538. The van der Waals surface area contributed by atoms with E-state index in [4.69, 9.17) is 9.47 Å². The van der Waals surface area contributed by atoms with Crippen molar-refractivity contribution in [1.82, 2.24) is 9.80 Å². The van der Waals surface area contributed by atoms with Crippen molar-refractivity contribution >= 4 is 23.2 Å². The first kappa shape index (κ1) is 26.7. The van der Waals surface area contributed by atoms with Crippen LogP contribution >= 0.6 is 11.3 Å². The summed E-state index contributed by atoms with van der Waals surface area (Å²) in [5.74, 6) is 1.41. The van der Waals surface area contributed by atoms with Gasteiger partial charge in [0, 0.05) is 29.3 Å². The van der Waals surface area contributed by atoms with Crippen molar-refractivity contribution in [1.29, 1.82) is 0 Å². The molecule has 2 aromatic rings. The van der Waals surface area contributed by atoms with Gasteiger partial charge in [0.2, 0.25) is 11.8 Å². The number of amides is 2. The molecule has 0 saturated heterocycles. The first-order valence-electron chi connectivity index (χ1n) is 11.7. The molecule has 0 spiro atoms. The SMILES string of the molecule is CCCCN(CC(=O)N(CCc1ccc(OC)c(OC)c1)Cc1ccc(C)s1)C(=O)CCC. The number of methoxy groups -OCH3 is 2. The lowest BCUT2D eigenvalue weighted by Crippen LogP contribution is -2.43. The number of benzene rings is 1. The van der Waals surface area contributed by atoms with Crippen molar-refractivity contribution < 1.29 is 19.1 Å². The van der Waals surface area contributed by atoms with E-state index in [1.807, 2.05) is 30.0 Å². The first-order chi connectivity index (χ1) is 15.9. The average molecular weight is 475 g/mol. The Labute approximate surface area is 202 Å². The van der Waals surface area contributed by atoms with Crippen LogP contribution in [0.1, 0.15) is 54.8 Å². The maximum absolute atomic E-state index is 13.4. The van der Waals surface area contributed by atoms with Crippen molar-refractivity contribution in [2.75, 3.05) is 33.9 Å². The highest BCUT2D eigenvalue weighted by molar-refractivity contribution is 7.11. The predicted molar refractivity (Wildman–Crippen MR) is 134 cm³/mol. The van der Waals surface area contributed by atoms with Gasteiger partial charge in [0.15, 0.2) is 11.5 Å². The van der Waals surface area contributed by atoms with Crippen LogP contribution in [0.5, 0.6) is 11.5 Å². The van der Waals surface area contributed by atoms with Crippen LogP contribution in [0.3, 0.4) is 0 Å². The van der Waals surface area contributed by atoms with Crippen LogP contribution in [0.4, 0.5) is 0 Å². The lowest BCUT2D eigenvalue weighted by Gasteiger charge is -2.28. The molecule has 0 atom stereocenters. The molecular weight excluding hydrogens is 436 g/mol. The normalized spacial score (nSPS) is 10.7. The van der Waals surface area contributed by atoms with Crippen LogP contribution in [-0.2, 0) is 22.6 Å². The second kappa shape index (κ2) is 13.9. The summed E-state index contributed by atoms with van der Waals surface area (Å²) in [5.41, 5.74) is 1.07. The Hall–Kier alpha value is -2.54. The third-order valence-electron chi connectivity index (χ3n) is 5.54. The van der Waals surface area contributed by atoms with Gasteiger partial charge in [0.25, 0.3) is 0 Å². The molecule has 0 N–H and O–H groups in total. The zero-order chi connectivity index (χ0) is 24.2. The van der Waals surface area contributed by atoms with E-state index >= 15 is 0 Å². The molecule has 182 valence electrons. The van der Waals surface area contributed by atoms with Crippen LogP contribution in [0.2, 0.25) is 0 Å². The average Bonchev–Trinajstić information content (AvgIpc) is 3.23. The van der Waals surface area contributed by atoms with Gasteiger partial charge in [-0.25, -0.2) is 0 Å². The van der Waals surface area contributed by atoms with Gasteiger partial charge >= 0.3 is 0 Å². The van der Waals surface area contributed by atoms with Gasteiger partial charge in [0.1, 0.15) is 0 Å². The summed E-state index contributed by atoms with van der Waals surface area (Å²) >= 11 is 1.70. The van der Waals surface area contributed by atoms with Gasteiger partial charge in [0.05, 0.1) is 27.3 Å². The molecule has 0 unspecified atom stereocenters. The van der Waals surface area contributed by atoms with E-state index in [9.17, 15) is 9.59 Å². The topological polar surface area (TPSA) is 59.1 Å². The maximum Gasteiger partial charge on any atom is 0.242 e. The second-order valence-corrected chi connectivity index (χ2v) is 9.56. The summed E-state index contributed by atoms with van der Waals surface area (Å²) in [5, 5.41) is 0. The standard InChI is InChI=1S/C26H38N2O4S/c1-6-8-15-27(25(29)9-7-2)19-26(30)28(18-22-12-10-20(3)33-22)16-14-21-11-13-23(31-4)24(17-21)32-5/h10-13,17H,6-9,14-16,18-19H2,1-5H3. The van der Waals surface area contributed by atoms with Crippen molar-refractivity contribution in [2.24, 2.45) is 0 Å². The molecule has 0 aliphatic carbocycles. The van der Waals surface area contributed by atoms with E-state index in [0.29, 0.717) is 44.0 Å². The highest BCUT2D eigenvalue weighted by Crippen LogP contribution is 2.28. The van der Waals surface area contributed by atoms with Gasteiger partial charge in [-0.05, 0) is 56.0 Å². The molecule has 1 aromatic heterocycles. The molecular formula is C26H38N2O4S. The minimum Gasteiger partial charge on any atom is -0.493 e. The van der Waals surface area contributed by atoms with Crippen molar-refractivity contribution in [3.05, 3.63) is 45.6 Å². The van der Waals surface area contributed by atoms with E-state index in [-0.39, 0.29) is 18.4 Å². The summed E-state index contributed by atoms with van der Waals surface area (Å²) in [7, 11) is 3.24. The number of hydrogen-bond donors (Lipinski definition) is 0. The number of hydrogen-bond acceptors (Lipinski definition) is 5. The first-order valence-corrected chi connectivity index (χ1v) is 12.5. The molecule has 6 nitrogen and oxygen atoms in total. The second-order valence-electron chi connectivity index (χ2n) is 8.19. The fourth-order valence-electron chi connectivity index (χ4n) is 3.63. The molecule has 0 saturated carbocycles. The number of thiophene rings is 1. The minimum absolute atomic E-state index is 0.0120. The number of carbonyl (C=O) groups excluding carboxylic acids is 2. The molecule has 0 radical (unpaired) electrons. The Bertz CT molecular complexity index is 896. The number of aryl methyl sites for hydroxylation is 1. The van der Waals surface area contributed by atoms with E-state index in [2.05, 4.69) is 26.0 Å². The molecule has 0 aliphatic rings. The Kier molecular flexibility index (Phi) is 11.2. The largest absolute Gasteiger partial charge is 0.493 e. The summed E-state index contributed by atoms with van der Waals surface area (Å²) < 4.78 is 10.7. The van der Waals surface area contributed by atoms with Gasteiger partial charge in [-0.1, -0.05) is 26.3 Å². The molecule has 1 heterocycles. The molecule has 1 aromatic carbocycles. The molecule has 0 bridgehead atoms. The van der Waals surface area contributed by atoms with Gasteiger partial charge < -0.3 is 19.3 Å². The minimum atomic E-state index is -0.0120. The highest BCUT2D eigenvalue weighted by atomic mass is 32.1. The van der Waals surface area contributed by atoms with Crippen LogP contribution < -0.4 is 9.47 Å². The van der Waals surface area contributed by atoms with E-state index in [1.165, 1.54) is 4.88 Å². The molecule has 0 fully saturated rings. The molecule has 7 heteroatoms. The number of nitrogens with zero attached hydrogens (tertiary/aromatic N) is 2. The van der Waals surface area contributed by atoms with Gasteiger partial charge in [-0.2, -0.15) is 0 Å². The third kappa shape index (κ3) is 8.39. The van der Waals surface area contributed by atoms with Crippen LogP contribution in [-0.4, -0.2) is 55.5 Å². The number of rotatable bonds is 14. The van der Waals surface area contributed by atoms with Crippen LogP contribution in [0.25, 0.3) is 0 Å². The Balaban J connectivity index is 2.16. The predicted octanol–water partition coefficient (Wildman–Crippen LogP) is 5.07. The lowest BCUT2D eigenvalue weighted by molar-refractivity contribution is -0.141. The number of carbonyl (C=O) groups is 2. The Morgan fingerprint density at radius 3 is 2.27 bits per heavy atom. The van der Waals surface area contributed by atoms with Crippen LogP contribution in [0.15, 0.2) is 30.3 Å². The van der Waals surface area contributed by atoms with E-state index in [0.717, 1.165) is 29.7 Å². The van der Waals surface area contributed by atoms with Crippen LogP contribution in [0, 0.1) is 6.92 Å². The summed E-state index contributed by atoms with van der Waals surface area (Å²) in [6.07, 6.45) is 3.84. The Morgan fingerprint density at radius 2 is 1.67 bits per heavy atom. The van der Waals surface area contributed by atoms with E-state index in [1.54, 1.807) is 30.5 Å². The maximum atomic E-state index is 13.4. The summed E-state index contributed by atoms with van der Waals surface area (Å²) in [6, 6.07) is 9.99. The lowest BCUT2D eigenvalue weighted by atomic mass is 10.1. The molecule has 2 amide bonds. The van der Waals surface area contributed by atoms with Gasteiger partial charge in [-0.3, -0.25) is 9.59 Å². The fourth-order valence-corrected chi connectivity index (χ4v) is 4.53. The van der Waals surface area contributed by atoms with Crippen molar-refractivity contribution in [3.8, 4) is 11.5 Å². The van der Waals surface area contributed by atoms with E-state index < -0.39 is 0 Å². The van der Waals surface area contributed by atoms with Crippen molar-refractivity contribution in [2.45, 2.75) is 59.4 Å². The van der Waals surface area contributed by atoms with Gasteiger partial charge in [-0.15, -0.1) is 11.3 Å². The monoisotopic (exact) mass is 474 g/mol. The summed E-state index contributed by atoms with van der Waals surface area (Å²) in [4.78, 5) is 32.0. The Morgan fingerprint density at radius 1 is 0.909 bits per heavy atom. The number of ether oxygens (including phenoxy) is 2. The quantitative estimate of drug-likeness (QED) is 0.383. The zero-order valence-corrected chi connectivity index (χ0v) is 21.5. The smallest absolute Gasteiger partial charge is 0.242 e. The zero-order valence-electron chi connectivity index (χ0n) is 20.7. The third-order valence-corrected chi connectivity index (χ3v) is 6.52.